The highest BCUT2D eigenvalue weighted by Crippen LogP contribution is 2.12. The summed E-state index contributed by atoms with van der Waals surface area (Å²) in [6.07, 6.45) is 1.58. The minimum atomic E-state index is -3.33. The van der Waals surface area contributed by atoms with Crippen LogP contribution in [0.1, 0.15) is 12.0 Å². The molecule has 0 amide bonds. The summed E-state index contributed by atoms with van der Waals surface area (Å²) in [6.45, 7) is 2.59. The van der Waals surface area contributed by atoms with Crippen molar-refractivity contribution in [1.29, 1.82) is 0 Å². The smallest absolute Gasteiger partial charge is 0.264 e. The maximum Gasteiger partial charge on any atom is 0.264 e. The van der Waals surface area contributed by atoms with Crippen LogP contribution in [0.4, 0.5) is 0 Å². The third-order valence-electron chi connectivity index (χ3n) is 1.84. The Kier molecular flexibility index (Phi) is 4.76. The molecule has 1 rings (SSSR count). The quantitative estimate of drug-likeness (QED) is 0.565. The van der Waals surface area contributed by atoms with Gasteiger partial charge in [0.15, 0.2) is 0 Å². The first-order valence-electron chi connectivity index (χ1n) is 5.01. The van der Waals surface area contributed by atoms with E-state index in [1.807, 2.05) is 31.2 Å². The first-order valence-corrected chi connectivity index (χ1v) is 6.83. The summed E-state index contributed by atoms with van der Waals surface area (Å²) in [6, 6.07) is 7.69. The van der Waals surface area contributed by atoms with Gasteiger partial charge in [0, 0.05) is 6.42 Å². The largest absolute Gasteiger partial charge is 0.493 e. The summed E-state index contributed by atoms with van der Waals surface area (Å²) >= 11 is 0. The fourth-order valence-corrected chi connectivity index (χ4v) is 1.58. The summed E-state index contributed by atoms with van der Waals surface area (Å²) in [7, 11) is -3.33. The summed E-state index contributed by atoms with van der Waals surface area (Å²) in [5.41, 5.74) is 1.13. The highest BCUT2D eigenvalue weighted by atomic mass is 32.2. The number of benzene rings is 1. The molecule has 0 saturated carbocycles. The molecule has 0 atom stereocenters. The molecule has 0 aliphatic carbocycles. The van der Waals surface area contributed by atoms with Gasteiger partial charge >= 0.3 is 0 Å². The second-order valence-corrected chi connectivity index (χ2v) is 5.19. The van der Waals surface area contributed by atoms with E-state index in [9.17, 15) is 8.42 Å². The summed E-state index contributed by atoms with van der Waals surface area (Å²) in [5, 5.41) is 0. The lowest BCUT2D eigenvalue weighted by Crippen LogP contribution is -2.07. The van der Waals surface area contributed by atoms with Crippen LogP contribution in [0.3, 0.4) is 0 Å². The van der Waals surface area contributed by atoms with Gasteiger partial charge in [0.1, 0.15) is 5.75 Å². The predicted octanol–water partition coefficient (Wildman–Crippen LogP) is 1.74. The van der Waals surface area contributed by atoms with Crippen LogP contribution < -0.4 is 4.74 Å². The topological polar surface area (TPSA) is 52.6 Å². The molecule has 4 nitrogen and oxygen atoms in total. The van der Waals surface area contributed by atoms with Gasteiger partial charge in [0.25, 0.3) is 10.1 Å². The molecule has 5 heteroatoms. The number of ether oxygens (including phenoxy) is 1. The van der Waals surface area contributed by atoms with Crippen LogP contribution in [0, 0.1) is 6.92 Å². The molecular formula is C11H16O4S. The molecule has 0 N–H and O–H groups in total. The Morgan fingerprint density at radius 3 is 2.62 bits per heavy atom. The second kappa shape index (κ2) is 5.86. The molecule has 0 bridgehead atoms. The van der Waals surface area contributed by atoms with Crippen molar-refractivity contribution in [3.8, 4) is 5.75 Å². The first-order chi connectivity index (χ1) is 7.47. The third kappa shape index (κ3) is 5.72. The SMILES string of the molecule is Cc1cccc(OCCCOS(C)(=O)=O)c1. The van der Waals surface area contributed by atoms with Gasteiger partial charge in [-0.25, -0.2) is 0 Å². The lowest BCUT2D eigenvalue weighted by Gasteiger charge is -2.06. The molecule has 0 aromatic heterocycles. The van der Waals surface area contributed by atoms with E-state index in [2.05, 4.69) is 4.18 Å². The first kappa shape index (κ1) is 13.0. The van der Waals surface area contributed by atoms with Crippen LogP contribution in [0.15, 0.2) is 24.3 Å². The van der Waals surface area contributed by atoms with Gasteiger partial charge in [0.05, 0.1) is 19.5 Å². The Morgan fingerprint density at radius 1 is 1.25 bits per heavy atom. The van der Waals surface area contributed by atoms with Gasteiger partial charge < -0.3 is 4.74 Å². The summed E-state index contributed by atoms with van der Waals surface area (Å²) < 4.78 is 31.3. The maximum atomic E-state index is 10.6. The van der Waals surface area contributed by atoms with Crippen molar-refractivity contribution in [2.24, 2.45) is 0 Å². The Morgan fingerprint density at radius 2 is 2.00 bits per heavy atom. The lowest BCUT2D eigenvalue weighted by atomic mass is 10.2. The second-order valence-electron chi connectivity index (χ2n) is 3.54. The number of hydrogen-bond donors (Lipinski definition) is 0. The molecule has 0 aliphatic rings. The van der Waals surface area contributed by atoms with Gasteiger partial charge in [-0.15, -0.1) is 0 Å². The molecule has 0 spiro atoms. The van der Waals surface area contributed by atoms with E-state index in [-0.39, 0.29) is 6.61 Å². The molecule has 16 heavy (non-hydrogen) atoms. The monoisotopic (exact) mass is 244 g/mol. The van der Waals surface area contributed by atoms with Gasteiger partial charge in [-0.1, -0.05) is 12.1 Å². The number of hydrogen-bond acceptors (Lipinski definition) is 4. The molecule has 1 aromatic carbocycles. The van der Waals surface area contributed by atoms with E-state index in [1.54, 1.807) is 0 Å². The van der Waals surface area contributed by atoms with Crippen molar-refractivity contribution in [3.05, 3.63) is 29.8 Å². The Bertz CT molecular complexity index is 425. The highest BCUT2D eigenvalue weighted by molar-refractivity contribution is 7.85. The number of rotatable bonds is 6. The highest BCUT2D eigenvalue weighted by Gasteiger charge is 2.00. The Labute approximate surface area is 96.3 Å². The molecule has 0 unspecified atom stereocenters. The Hall–Kier alpha value is -1.07. The fraction of sp³-hybridized carbons (Fsp3) is 0.455. The predicted molar refractivity (Wildman–Crippen MR) is 62.1 cm³/mol. The summed E-state index contributed by atoms with van der Waals surface area (Å²) in [4.78, 5) is 0. The zero-order valence-electron chi connectivity index (χ0n) is 9.47. The van der Waals surface area contributed by atoms with Crippen LogP contribution in [0.5, 0.6) is 5.75 Å². The lowest BCUT2D eigenvalue weighted by molar-refractivity contribution is 0.252. The van der Waals surface area contributed by atoms with E-state index < -0.39 is 10.1 Å². The molecule has 0 radical (unpaired) electrons. The van der Waals surface area contributed by atoms with Crippen LogP contribution in [0.25, 0.3) is 0 Å². The van der Waals surface area contributed by atoms with Crippen molar-refractivity contribution >= 4 is 10.1 Å². The average Bonchev–Trinajstić information content (AvgIpc) is 2.15. The van der Waals surface area contributed by atoms with Crippen molar-refractivity contribution in [1.82, 2.24) is 0 Å². The van der Waals surface area contributed by atoms with Crippen LogP contribution in [-0.2, 0) is 14.3 Å². The molecular weight excluding hydrogens is 228 g/mol. The van der Waals surface area contributed by atoms with E-state index in [0.29, 0.717) is 13.0 Å². The fourth-order valence-electron chi connectivity index (χ4n) is 1.16. The van der Waals surface area contributed by atoms with E-state index in [0.717, 1.165) is 17.6 Å². The molecule has 90 valence electrons. The molecule has 1 aromatic rings. The maximum absolute atomic E-state index is 10.6. The molecule has 0 aliphatic heterocycles. The van der Waals surface area contributed by atoms with Crippen molar-refractivity contribution < 1.29 is 17.3 Å². The van der Waals surface area contributed by atoms with Crippen LogP contribution in [0.2, 0.25) is 0 Å². The van der Waals surface area contributed by atoms with Crippen molar-refractivity contribution in [3.63, 3.8) is 0 Å². The van der Waals surface area contributed by atoms with Crippen molar-refractivity contribution in [2.75, 3.05) is 19.5 Å². The Balaban J connectivity index is 2.21. The molecule has 0 heterocycles. The van der Waals surface area contributed by atoms with E-state index >= 15 is 0 Å². The van der Waals surface area contributed by atoms with Crippen LogP contribution >= 0.6 is 0 Å². The number of aryl methyl sites for hydroxylation is 1. The van der Waals surface area contributed by atoms with Gasteiger partial charge in [0.2, 0.25) is 0 Å². The normalized spacial score (nSPS) is 11.4. The summed E-state index contributed by atoms with van der Waals surface area (Å²) in [5.74, 6) is 0.791. The third-order valence-corrected chi connectivity index (χ3v) is 2.44. The van der Waals surface area contributed by atoms with E-state index in [4.69, 9.17) is 4.74 Å². The van der Waals surface area contributed by atoms with Crippen LogP contribution in [-0.4, -0.2) is 27.9 Å². The minimum absolute atomic E-state index is 0.157. The molecule has 0 saturated heterocycles. The minimum Gasteiger partial charge on any atom is -0.493 e. The van der Waals surface area contributed by atoms with Gasteiger partial charge in [-0.2, -0.15) is 8.42 Å². The van der Waals surface area contributed by atoms with E-state index in [1.165, 1.54) is 0 Å². The zero-order valence-corrected chi connectivity index (χ0v) is 10.3. The van der Waals surface area contributed by atoms with Gasteiger partial charge in [-0.3, -0.25) is 4.18 Å². The average molecular weight is 244 g/mol. The van der Waals surface area contributed by atoms with Gasteiger partial charge in [-0.05, 0) is 24.6 Å². The zero-order chi connectivity index (χ0) is 12.0. The standard InChI is InChI=1S/C11H16O4S/c1-10-5-3-6-11(9-10)14-7-4-8-15-16(2,12)13/h3,5-6,9H,4,7-8H2,1-2H3. The van der Waals surface area contributed by atoms with Crippen molar-refractivity contribution in [2.45, 2.75) is 13.3 Å². The molecule has 0 fully saturated rings.